The van der Waals surface area contributed by atoms with Gasteiger partial charge in [0.1, 0.15) is 11.2 Å². The van der Waals surface area contributed by atoms with E-state index in [2.05, 4.69) is 17.1 Å². The number of ether oxygens (including phenoxy) is 1. The SMILES string of the molecule is CCn1cc(C(=O)OCC(=O)N2CCC(Cc3ccccc3)CC2)c(=O)c2ccc(C)nc21. The van der Waals surface area contributed by atoms with Crippen LogP contribution in [0.4, 0.5) is 0 Å². The molecule has 4 rings (SSSR count). The number of carbonyl (C=O) groups excluding carboxylic acids is 2. The van der Waals surface area contributed by atoms with Gasteiger partial charge in [0.2, 0.25) is 5.43 Å². The fourth-order valence-electron chi connectivity index (χ4n) is 4.38. The lowest BCUT2D eigenvalue weighted by molar-refractivity contribution is -0.135. The maximum Gasteiger partial charge on any atom is 0.344 e. The van der Waals surface area contributed by atoms with Crippen molar-refractivity contribution in [2.45, 2.75) is 39.7 Å². The number of carbonyl (C=O) groups is 2. The van der Waals surface area contributed by atoms with E-state index in [-0.39, 0.29) is 18.1 Å². The van der Waals surface area contributed by atoms with Crippen molar-refractivity contribution >= 4 is 22.9 Å². The Bertz CT molecular complexity index is 1210. The van der Waals surface area contributed by atoms with Gasteiger partial charge in [-0.25, -0.2) is 9.78 Å². The summed E-state index contributed by atoms with van der Waals surface area (Å²) in [5, 5.41) is 0.365. The highest BCUT2D eigenvalue weighted by atomic mass is 16.5. The first-order chi connectivity index (χ1) is 16.0. The van der Waals surface area contributed by atoms with E-state index in [1.165, 1.54) is 11.8 Å². The Labute approximate surface area is 193 Å². The number of hydrogen-bond acceptors (Lipinski definition) is 5. The summed E-state index contributed by atoms with van der Waals surface area (Å²) in [5.74, 6) is -0.464. The first-order valence-electron chi connectivity index (χ1n) is 11.5. The van der Waals surface area contributed by atoms with E-state index in [9.17, 15) is 14.4 Å². The average Bonchev–Trinajstić information content (AvgIpc) is 2.83. The molecule has 33 heavy (non-hydrogen) atoms. The topological polar surface area (TPSA) is 81.5 Å². The zero-order valence-electron chi connectivity index (χ0n) is 19.1. The van der Waals surface area contributed by atoms with Gasteiger partial charge in [0.15, 0.2) is 6.61 Å². The number of nitrogens with zero attached hydrogens (tertiary/aromatic N) is 3. The minimum Gasteiger partial charge on any atom is -0.452 e. The zero-order chi connectivity index (χ0) is 23.4. The maximum absolute atomic E-state index is 12.8. The van der Waals surface area contributed by atoms with Crippen LogP contribution in [0.1, 0.15) is 41.4 Å². The molecule has 0 radical (unpaired) electrons. The zero-order valence-corrected chi connectivity index (χ0v) is 19.1. The summed E-state index contributed by atoms with van der Waals surface area (Å²) < 4.78 is 7.00. The molecule has 1 aliphatic rings. The summed E-state index contributed by atoms with van der Waals surface area (Å²) >= 11 is 0. The van der Waals surface area contributed by atoms with Gasteiger partial charge in [0.05, 0.1) is 5.39 Å². The number of esters is 1. The van der Waals surface area contributed by atoms with Crippen LogP contribution in [0.3, 0.4) is 0 Å². The molecule has 0 saturated carbocycles. The molecule has 0 atom stereocenters. The van der Waals surface area contributed by atoms with Crippen LogP contribution < -0.4 is 5.43 Å². The third-order valence-corrected chi connectivity index (χ3v) is 6.28. The maximum atomic E-state index is 12.8. The number of likely N-dealkylation sites (tertiary alicyclic amines) is 1. The van der Waals surface area contributed by atoms with Gasteiger partial charge >= 0.3 is 5.97 Å². The number of aryl methyl sites for hydroxylation is 2. The fourth-order valence-corrected chi connectivity index (χ4v) is 4.38. The predicted molar refractivity (Wildman–Crippen MR) is 126 cm³/mol. The van der Waals surface area contributed by atoms with Crippen molar-refractivity contribution in [3.05, 3.63) is 75.7 Å². The van der Waals surface area contributed by atoms with Gasteiger partial charge in [-0.15, -0.1) is 0 Å². The molecule has 0 bridgehead atoms. The minimum absolute atomic E-state index is 0.0793. The largest absolute Gasteiger partial charge is 0.452 e. The van der Waals surface area contributed by atoms with Crippen LogP contribution in [0.2, 0.25) is 0 Å². The number of fused-ring (bicyclic) bond motifs is 1. The molecule has 7 nitrogen and oxygen atoms in total. The first-order valence-corrected chi connectivity index (χ1v) is 11.5. The summed E-state index contributed by atoms with van der Waals surface area (Å²) in [6.07, 6.45) is 4.33. The molecule has 1 saturated heterocycles. The molecule has 1 aliphatic heterocycles. The van der Waals surface area contributed by atoms with Crippen LogP contribution in [0.15, 0.2) is 53.5 Å². The highest BCUT2D eigenvalue weighted by Crippen LogP contribution is 2.22. The first kappa shape index (κ1) is 22.7. The minimum atomic E-state index is -0.781. The Hall–Kier alpha value is -3.48. The Morgan fingerprint density at radius 2 is 1.82 bits per heavy atom. The second kappa shape index (κ2) is 9.98. The standard InChI is InChI=1S/C26H29N3O4/c1-3-28-16-22(24(31)21-10-9-18(2)27-25(21)28)26(32)33-17-23(30)29-13-11-20(12-14-29)15-19-7-5-4-6-8-19/h4-10,16,20H,3,11-15,17H2,1-2H3. The van der Waals surface area contributed by atoms with E-state index in [4.69, 9.17) is 4.74 Å². The summed E-state index contributed by atoms with van der Waals surface area (Å²) in [4.78, 5) is 44.3. The molecule has 2 aromatic heterocycles. The van der Waals surface area contributed by atoms with Crippen LogP contribution in [0.5, 0.6) is 0 Å². The predicted octanol–water partition coefficient (Wildman–Crippen LogP) is 3.36. The van der Waals surface area contributed by atoms with Crippen molar-refractivity contribution in [1.29, 1.82) is 0 Å². The van der Waals surface area contributed by atoms with Gasteiger partial charge in [-0.2, -0.15) is 0 Å². The van der Waals surface area contributed by atoms with Crippen molar-refractivity contribution in [2.24, 2.45) is 5.92 Å². The molecular formula is C26H29N3O4. The van der Waals surface area contributed by atoms with Crippen molar-refractivity contribution in [2.75, 3.05) is 19.7 Å². The molecule has 3 heterocycles. The average molecular weight is 448 g/mol. The van der Waals surface area contributed by atoms with Crippen molar-refractivity contribution in [3.63, 3.8) is 0 Å². The number of amides is 1. The van der Waals surface area contributed by atoms with E-state index in [1.54, 1.807) is 21.6 Å². The Morgan fingerprint density at radius 1 is 1.09 bits per heavy atom. The molecule has 0 N–H and O–H groups in total. The highest BCUT2D eigenvalue weighted by Gasteiger charge is 2.25. The number of hydrogen-bond donors (Lipinski definition) is 0. The van der Waals surface area contributed by atoms with Gasteiger partial charge in [0.25, 0.3) is 5.91 Å². The molecule has 1 aromatic carbocycles. The van der Waals surface area contributed by atoms with Gasteiger partial charge in [-0.05, 0) is 56.7 Å². The molecule has 3 aromatic rings. The number of benzene rings is 1. The lowest BCUT2D eigenvalue weighted by Gasteiger charge is -2.32. The smallest absolute Gasteiger partial charge is 0.344 e. The Kier molecular flexibility index (Phi) is 6.87. The van der Waals surface area contributed by atoms with E-state index >= 15 is 0 Å². The third kappa shape index (κ3) is 5.13. The van der Waals surface area contributed by atoms with E-state index in [0.717, 1.165) is 25.0 Å². The molecule has 0 unspecified atom stereocenters. The summed E-state index contributed by atoms with van der Waals surface area (Å²) in [6.45, 7) is 5.24. The Balaban J connectivity index is 1.36. The second-order valence-corrected chi connectivity index (χ2v) is 8.57. The third-order valence-electron chi connectivity index (χ3n) is 6.28. The van der Waals surface area contributed by atoms with E-state index in [0.29, 0.717) is 36.6 Å². The van der Waals surface area contributed by atoms with E-state index in [1.807, 2.05) is 32.0 Å². The fraction of sp³-hybridized carbons (Fsp3) is 0.385. The van der Waals surface area contributed by atoms with Crippen LogP contribution >= 0.6 is 0 Å². The van der Waals surface area contributed by atoms with Crippen LogP contribution in [0.25, 0.3) is 11.0 Å². The number of piperidine rings is 1. The lowest BCUT2D eigenvalue weighted by Crippen LogP contribution is -2.41. The molecule has 0 aliphatic carbocycles. The molecule has 7 heteroatoms. The Morgan fingerprint density at radius 3 is 2.52 bits per heavy atom. The van der Waals surface area contributed by atoms with Gasteiger partial charge in [-0.3, -0.25) is 9.59 Å². The monoisotopic (exact) mass is 447 g/mol. The van der Waals surface area contributed by atoms with Crippen molar-refractivity contribution in [1.82, 2.24) is 14.5 Å². The van der Waals surface area contributed by atoms with E-state index < -0.39 is 11.4 Å². The molecule has 1 amide bonds. The molecule has 0 spiro atoms. The van der Waals surface area contributed by atoms with Crippen LogP contribution in [0, 0.1) is 12.8 Å². The quantitative estimate of drug-likeness (QED) is 0.541. The normalized spacial score (nSPS) is 14.4. The molecule has 1 fully saturated rings. The summed E-state index contributed by atoms with van der Waals surface area (Å²) in [6, 6.07) is 13.8. The summed E-state index contributed by atoms with van der Waals surface area (Å²) in [7, 11) is 0. The second-order valence-electron chi connectivity index (χ2n) is 8.57. The van der Waals surface area contributed by atoms with Crippen molar-refractivity contribution < 1.29 is 14.3 Å². The van der Waals surface area contributed by atoms with Crippen LogP contribution in [-0.2, 0) is 22.5 Å². The van der Waals surface area contributed by atoms with Gasteiger partial charge in [0, 0.05) is 31.5 Å². The van der Waals surface area contributed by atoms with Gasteiger partial charge in [-0.1, -0.05) is 30.3 Å². The van der Waals surface area contributed by atoms with Crippen molar-refractivity contribution in [3.8, 4) is 0 Å². The molecule has 172 valence electrons. The number of aromatic nitrogens is 2. The number of pyridine rings is 2. The summed E-state index contributed by atoms with van der Waals surface area (Å²) in [5.41, 5.74) is 2.13. The van der Waals surface area contributed by atoms with Gasteiger partial charge < -0.3 is 14.2 Å². The van der Waals surface area contributed by atoms with Crippen LogP contribution in [-0.4, -0.2) is 46.0 Å². The molecular weight excluding hydrogens is 418 g/mol. The number of rotatable bonds is 6. The lowest BCUT2D eigenvalue weighted by atomic mass is 9.90. The highest BCUT2D eigenvalue weighted by molar-refractivity contribution is 5.94.